The van der Waals surface area contributed by atoms with Crippen LogP contribution in [-0.4, -0.2) is 44.4 Å². The van der Waals surface area contributed by atoms with Crippen LogP contribution in [0.5, 0.6) is 0 Å². The molecule has 178 valence electrons. The fourth-order valence-corrected chi connectivity index (χ4v) is 6.23. The molecule has 1 saturated heterocycles. The molecule has 0 saturated carbocycles. The first-order valence-electron chi connectivity index (χ1n) is 10.4. The van der Waals surface area contributed by atoms with E-state index in [1.54, 1.807) is 43.4 Å². The van der Waals surface area contributed by atoms with Gasteiger partial charge in [0.1, 0.15) is 17.9 Å². The first-order chi connectivity index (χ1) is 16.1. The minimum Gasteiger partial charge on any atom is -0.361 e. The molecule has 1 aromatic carbocycles. The number of ether oxygens (including phenoxy) is 1. The maximum Gasteiger partial charge on any atom is 0.471 e. The van der Waals surface area contributed by atoms with Crippen molar-refractivity contribution < 1.29 is 27.5 Å². The Bertz CT molecular complexity index is 1260. The fraction of sp³-hybridized carbons (Fsp3) is 0.364. The van der Waals surface area contributed by atoms with Gasteiger partial charge in [0, 0.05) is 30.3 Å². The van der Waals surface area contributed by atoms with Gasteiger partial charge < -0.3 is 9.64 Å². The Hall–Kier alpha value is -2.76. The monoisotopic (exact) mass is 510 g/mol. The van der Waals surface area contributed by atoms with Crippen LogP contribution < -0.4 is 0 Å². The molecule has 1 spiro atoms. The largest absolute Gasteiger partial charge is 0.471 e. The molecule has 0 unspecified atom stereocenters. The Morgan fingerprint density at radius 3 is 2.59 bits per heavy atom. The molecule has 34 heavy (non-hydrogen) atoms. The molecule has 0 radical (unpaired) electrons. The number of thiophene rings is 1. The van der Waals surface area contributed by atoms with Crippen LogP contribution in [-0.2, 0) is 22.2 Å². The molecule has 3 atom stereocenters. The molecule has 2 aromatic heterocycles. The van der Waals surface area contributed by atoms with Crippen molar-refractivity contribution in [2.24, 2.45) is 7.05 Å². The molecule has 7 nitrogen and oxygen atoms in total. The summed E-state index contributed by atoms with van der Waals surface area (Å²) in [4.78, 5) is 26.7. The molecule has 0 bridgehead atoms. The molecule has 2 aliphatic rings. The third-order valence-electron chi connectivity index (χ3n) is 6.24. The van der Waals surface area contributed by atoms with E-state index in [1.165, 1.54) is 22.2 Å². The second-order valence-electron chi connectivity index (χ2n) is 8.38. The number of benzene rings is 1. The van der Waals surface area contributed by atoms with Crippen molar-refractivity contribution in [2.75, 3.05) is 6.61 Å². The van der Waals surface area contributed by atoms with E-state index >= 15 is 0 Å². The lowest BCUT2D eigenvalue weighted by Crippen LogP contribution is -2.54. The van der Waals surface area contributed by atoms with Crippen LogP contribution in [0.4, 0.5) is 13.2 Å². The highest BCUT2D eigenvalue weighted by Gasteiger charge is 2.57. The van der Waals surface area contributed by atoms with Gasteiger partial charge in [-0.25, -0.2) is 0 Å². The van der Waals surface area contributed by atoms with Crippen molar-refractivity contribution in [1.29, 1.82) is 0 Å². The smallest absolute Gasteiger partial charge is 0.361 e. The maximum absolute atomic E-state index is 13.8. The van der Waals surface area contributed by atoms with E-state index in [2.05, 4.69) is 10.3 Å². The standard InChI is InChI=1S/C22H18ClF3N4O3S/c1-29-10-14(27-28-29)16-9-21(19-13(7-18(23)34-19)17(31)11-33-21)8-15(12-5-3-2-4-6-12)30(16)20(32)22(24,25)26/h2-7,10,15-16H,8-9,11H2,1H3/t15-,16+,21+/m1/s1. The highest BCUT2D eigenvalue weighted by Crippen LogP contribution is 2.56. The van der Waals surface area contributed by atoms with Crippen molar-refractivity contribution in [3.63, 3.8) is 0 Å². The second kappa shape index (κ2) is 8.17. The SMILES string of the molecule is Cn1cc([C@@H]2C[C@]3(C[C@H](c4ccccc4)N2C(=O)C(F)(F)F)OCC(=O)c2cc(Cl)sc23)nn1. The molecule has 4 heterocycles. The predicted molar refractivity (Wildman–Crippen MR) is 116 cm³/mol. The van der Waals surface area contributed by atoms with Crippen molar-refractivity contribution in [2.45, 2.75) is 36.7 Å². The highest BCUT2D eigenvalue weighted by atomic mass is 35.5. The Labute approximate surface area is 201 Å². The van der Waals surface area contributed by atoms with E-state index < -0.39 is 29.8 Å². The topological polar surface area (TPSA) is 77.3 Å². The summed E-state index contributed by atoms with van der Waals surface area (Å²) < 4.78 is 49.3. The molecule has 5 rings (SSSR count). The van der Waals surface area contributed by atoms with Gasteiger partial charge in [0.15, 0.2) is 5.78 Å². The first kappa shape index (κ1) is 23.0. The molecule has 3 aromatic rings. The lowest BCUT2D eigenvalue weighted by Gasteiger charge is -2.51. The van der Waals surface area contributed by atoms with Crippen LogP contribution in [0, 0.1) is 0 Å². The minimum atomic E-state index is -5.10. The summed E-state index contributed by atoms with van der Waals surface area (Å²) in [5.74, 6) is -2.21. The molecular weight excluding hydrogens is 493 g/mol. The summed E-state index contributed by atoms with van der Waals surface area (Å²) in [5, 5.41) is 7.92. The predicted octanol–water partition coefficient (Wildman–Crippen LogP) is 4.61. The number of aryl methyl sites for hydroxylation is 1. The Balaban J connectivity index is 1.72. The number of aromatic nitrogens is 3. The summed E-state index contributed by atoms with van der Waals surface area (Å²) in [5.41, 5.74) is -0.0179. The summed E-state index contributed by atoms with van der Waals surface area (Å²) in [6.07, 6.45) is -3.63. The van der Waals surface area contributed by atoms with E-state index in [9.17, 15) is 22.8 Å². The number of Topliss-reactive ketones (excluding diaryl/α,β-unsaturated/α-hetero) is 1. The average molecular weight is 511 g/mol. The second-order valence-corrected chi connectivity index (χ2v) is 10.1. The number of halogens is 4. The van der Waals surface area contributed by atoms with Gasteiger partial charge in [0.2, 0.25) is 0 Å². The molecule has 12 heteroatoms. The van der Waals surface area contributed by atoms with Gasteiger partial charge in [-0.1, -0.05) is 47.1 Å². The maximum atomic E-state index is 13.8. The number of carbonyl (C=O) groups excluding carboxylic acids is 2. The van der Waals surface area contributed by atoms with E-state index in [0.717, 1.165) is 4.90 Å². The molecule has 1 amide bonds. The normalized spacial score (nSPS) is 25.0. The summed E-state index contributed by atoms with van der Waals surface area (Å²) >= 11 is 7.41. The molecular formula is C22H18ClF3N4O3S. The van der Waals surface area contributed by atoms with Crippen LogP contribution >= 0.6 is 22.9 Å². The molecule has 1 fully saturated rings. The average Bonchev–Trinajstić information content (AvgIpc) is 3.42. The van der Waals surface area contributed by atoms with E-state index in [-0.39, 0.29) is 30.9 Å². The third-order valence-corrected chi connectivity index (χ3v) is 7.69. The zero-order valence-electron chi connectivity index (χ0n) is 17.8. The number of ketones is 1. The Kier molecular flexibility index (Phi) is 5.53. The van der Waals surface area contributed by atoms with E-state index in [1.807, 2.05) is 0 Å². The van der Waals surface area contributed by atoms with Crippen LogP contribution in [0.2, 0.25) is 4.34 Å². The number of alkyl halides is 3. The number of rotatable bonds is 2. The van der Waals surface area contributed by atoms with Crippen molar-refractivity contribution in [3.8, 4) is 0 Å². The summed E-state index contributed by atoms with van der Waals surface area (Å²) in [7, 11) is 1.59. The van der Waals surface area contributed by atoms with Gasteiger partial charge in [-0.15, -0.1) is 16.4 Å². The number of piperidine rings is 1. The Morgan fingerprint density at radius 1 is 1.24 bits per heavy atom. The minimum absolute atomic E-state index is 0.0206. The van der Waals surface area contributed by atoms with Gasteiger partial charge in [0.05, 0.1) is 22.6 Å². The number of hydrogen-bond donors (Lipinski definition) is 0. The summed E-state index contributed by atoms with van der Waals surface area (Å²) in [6.45, 7) is -0.234. The number of nitrogens with zero attached hydrogens (tertiary/aromatic N) is 4. The van der Waals surface area contributed by atoms with Crippen LogP contribution in [0.3, 0.4) is 0 Å². The van der Waals surface area contributed by atoms with Crippen molar-refractivity contribution >= 4 is 34.6 Å². The third kappa shape index (κ3) is 3.81. The number of hydrogen-bond acceptors (Lipinski definition) is 6. The van der Waals surface area contributed by atoms with Gasteiger partial charge in [-0.2, -0.15) is 13.2 Å². The number of fused-ring (bicyclic) bond motifs is 2. The van der Waals surface area contributed by atoms with Crippen molar-refractivity contribution in [1.82, 2.24) is 19.9 Å². The molecule has 0 N–H and O–H groups in total. The zero-order valence-corrected chi connectivity index (χ0v) is 19.3. The Morgan fingerprint density at radius 2 is 1.94 bits per heavy atom. The number of amides is 1. The van der Waals surface area contributed by atoms with E-state index in [0.29, 0.717) is 20.3 Å². The summed E-state index contributed by atoms with van der Waals surface area (Å²) in [6, 6.07) is 7.93. The van der Waals surface area contributed by atoms with Crippen LogP contribution in [0.1, 0.15) is 51.4 Å². The highest BCUT2D eigenvalue weighted by molar-refractivity contribution is 7.16. The van der Waals surface area contributed by atoms with Crippen LogP contribution in [0.25, 0.3) is 0 Å². The lowest BCUT2D eigenvalue weighted by molar-refractivity contribution is -0.202. The van der Waals surface area contributed by atoms with Gasteiger partial charge in [-0.05, 0) is 11.6 Å². The first-order valence-corrected chi connectivity index (χ1v) is 11.6. The van der Waals surface area contributed by atoms with Gasteiger partial charge in [-0.3, -0.25) is 14.3 Å². The zero-order chi connectivity index (χ0) is 24.3. The van der Waals surface area contributed by atoms with Gasteiger partial charge >= 0.3 is 12.1 Å². The fourth-order valence-electron chi connectivity index (χ4n) is 4.83. The van der Waals surface area contributed by atoms with Crippen molar-refractivity contribution in [3.05, 3.63) is 68.6 Å². The van der Waals surface area contributed by atoms with E-state index in [4.69, 9.17) is 16.3 Å². The number of carbonyl (C=O) groups is 2. The molecule has 0 aliphatic carbocycles. The number of likely N-dealkylation sites (tertiary alicyclic amines) is 1. The van der Waals surface area contributed by atoms with Crippen LogP contribution in [0.15, 0.2) is 42.6 Å². The lowest BCUT2D eigenvalue weighted by atomic mass is 9.75. The van der Waals surface area contributed by atoms with Gasteiger partial charge in [0.25, 0.3) is 0 Å². The molecule has 2 aliphatic heterocycles. The quantitative estimate of drug-likeness (QED) is 0.503.